The topological polar surface area (TPSA) is 40.5 Å². The summed E-state index contributed by atoms with van der Waals surface area (Å²) in [6.45, 7) is 3.05. The fraction of sp³-hybridized carbons (Fsp3) is 0.889. The Kier molecular flexibility index (Phi) is 5.07. The van der Waals surface area contributed by atoms with Crippen LogP contribution >= 0.6 is 0 Å². The highest BCUT2D eigenvalue weighted by Crippen LogP contribution is 2.21. The number of aliphatic carboxylic acids is 1. The number of carboxylic acid groups (broad SMARTS) is 1. The van der Waals surface area contributed by atoms with Crippen LogP contribution in [0.5, 0.6) is 0 Å². The summed E-state index contributed by atoms with van der Waals surface area (Å²) in [5.41, 5.74) is 0. The van der Waals surface area contributed by atoms with Crippen LogP contribution in [0.25, 0.3) is 0 Å². The van der Waals surface area contributed by atoms with Crippen LogP contribution in [-0.4, -0.2) is 41.8 Å². The second-order valence-corrected chi connectivity index (χ2v) is 3.87. The third kappa shape index (κ3) is 5.61. The maximum atomic E-state index is 11.9. The summed E-state index contributed by atoms with van der Waals surface area (Å²) < 4.78 is 35.7. The average molecular weight is 227 g/mol. The highest BCUT2D eigenvalue weighted by molar-refractivity contribution is 5.73. The number of halogens is 3. The van der Waals surface area contributed by atoms with Crippen molar-refractivity contribution in [1.29, 1.82) is 0 Å². The Hall–Kier alpha value is -0.780. The molecule has 6 heteroatoms. The van der Waals surface area contributed by atoms with Crippen LogP contribution in [0.4, 0.5) is 13.2 Å². The molecule has 0 saturated carbocycles. The number of alkyl halides is 3. The molecule has 0 aromatic rings. The molecule has 0 saturated heterocycles. The summed E-state index contributed by atoms with van der Waals surface area (Å²) in [6.07, 6.45) is -5.23. The van der Waals surface area contributed by atoms with Gasteiger partial charge in [0.2, 0.25) is 0 Å². The first kappa shape index (κ1) is 14.2. The van der Waals surface area contributed by atoms with Gasteiger partial charge < -0.3 is 5.11 Å². The van der Waals surface area contributed by atoms with E-state index < -0.39 is 24.6 Å². The molecule has 0 bridgehead atoms. The smallest absolute Gasteiger partial charge is 0.390 e. The Labute approximate surface area is 86.9 Å². The van der Waals surface area contributed by atoms with Gasteiger partial charge in [0.15, 0.2) is 0 Å². The van der Waals surface area contributed by atoms with Gasteiger partial charge in [0.25, 0.3) is 0 Å². The standard InChI is InChI=1S/C9H16F3NO2/c1-6(2)7(8(14)15)13(3)5-4-9(10,11)12/h6-7H,4-5H2,1-3H3,(H,14,15). The molecule has 0 heterocycles. The van der Waals surface area contributed by atoms with Crippen LogP contribution in [0.2, 0.25) is 0 Å². The molecule has 0 fully saturated rings. The summed E-state index contributed by atoms with van der Waals surface area (Å²) in [6, 6.07) is -0.868. The number of rotatable bonds is 5. The quantitative estimate of drug-likeness (QED) is 0.780. The molecule has 0 amide bonds. The number of carboxylic acids is 1. The predicted molar refractivity (Wildman–Crippen MR) is 49.6 cm³/mol. The molecule has 1 N–H and O–H groups in total. The second-order valence-electron chi connectivity index (χ2n) is 3.87. The number of nitrogens with zero attached hydrogens (tertiary/aromatic N) is 1. The van der Waals surface area contributed by atoms with Gasteiger partial charge in [-0.25, -0.2) is 0 Å². The molecule has 0 aliphatic carbocycles. The molecule has 1 atom stereocenters. The Balaban J connectivity index is 4.28. The molecule has 0 rings (SSSR count). The van der Waals surface area contributed by atoms with Gasteiger partial charge in [0.05, 0.1) is 6.42 Å². The van der Waals surface area contributed by atoms with E-state index in [1.54, 1.807) is 13.8 Å². The van der Waals surface area contributed by atoms with Crippen molar-refractivity contribution in [2.24, 2.45) is 5.92 Å². The first-order chi connectivity index (χ1) is 6.65. The molecule has 3 nitrogen and oxygen atoms in total. The Morgan fingerprint density at radius 1 is 1.40 bits per heavy atom. The fourth-order valence-electron chi connectivity index (χ4n) is 1.42. The molecule has 15 heavy (non-hydrogen) atoms. The highest BCUT2D eigenvalue weighted by Gasteiger charge is 2.31. The minimum atomic E-state index is -4.24. The average Bonchev–Trinajstić information content (AvgIpc) is 1.97. The largest absolute Gasteiger partial charge is 0.480 e. The molecule has 0 aliphatic rings. The van der Waals surface area contributed by atoms with Gasteiger partial charge >= 0.3 is 12.1 Å². The second kappa shape index (κ2) is 5.34. The van der Waals surface area contributed by atoms with Crippen molar-refractivity contribution in [2.75, 3.05) is 13.6 Å². The third-order valence-electron chi connectivity index (χ3n) is 2.11. The van der Waals surface area contributed by atoms with Crippen molar-refractivity contribution >= 4 is 5.97 Å². The summed E-state index contributed by atoms with van der Waals surface area (Å²) in [5.74, 6) is -1.31. The van der Waals surface area contributed by atoms with Crippen LogP contribution in [0, 0.1) is 5.92 Å². The summed E-state index contributed by atoms with van der Waals surface area (Å²) in [4.78, 5) is 12.0. The summed E-state index contributed by atoms with van der Waals surface area (Å²) in [5, 5.41) is 8.82. The van der Waals surface area contributed by atoms with Crippen LogP contribution in [0.15, 0.2) is 0 Å². The minimum Gasteiger partial charge on any atom is -0.480 e. The lowest BCUT2D eigenvalue weighted by Gasteiger charge is -2.27. The van der Waals surface area contributed by atoms with E-state index in [4.69, 9.17) is 5.11 Å². The van der Waals surface area contributed by atoms with E-state index in [9.17, 15) is 18.0 Å². The van der Waals surface area contributed by atoms with Crippen molar-refractivity contribution in [3.8, 4) is 0 Å². The van der Waals surface area contributed by atoms with Gasteiger partial charge in [0.1, 0.15) is 6.04 Å². The maximum Gasteiger partial charge on any atom is 0.390 e. The van der Waals surface area contributed by atoms with Crippen molar-refractivity contribution in [3.63, 3.8) is 0 Å². The lowest BCUT2D eigenvalue weighted by molar-refractivity contribution is -0.150. The van der Waals surface area contributed by atoms with Crippen LogP contribution in [0.3, 0.4) is 0 Å². The van der Waals surface area contributed by atoms with Crippen molar-refractivity contribution in [3.05, 3.63) is 0 Å². The molecule has 0 aromatic heterocycles. The lowest BCUT2D eigenvalue weighted by atomic mass is 10.0. The molecule has 90 valence electrons. The van der Waals surface area contributed by atoms with E-state index in [1.165, 1.54) is 11.9 Å². The first-order valence-electron chi connectivity index (χ1n) is 4.65. The zero-order chi connectivity index (χ0) is 12.2. The number of hydrogen-bond acceptors (Lipinski definition) is 2. The van der Waals surface area contributed by atoms with E-state index in [1.807, 2.05) is 0 Å². The van der Waals surface area contributed by atoms with E-state index in [0.717, 1.165) is 0 Å². The third-order valence-corrected chi connectivity index (χ3v) is 2.11. The van der Waals surface area contributed by atoms with E-state index >= 15 is 0 Å². The summed E-state index contributed by atoms with van der Waals surface area (Å²) in [7, 11) is 1.39. The lowest BCUT2D eigenvalue weighted by Crippen LogP contribution is -2.43. The Morgan fingerprint density at radius 3 is 2.13 bits per heavy atom. The monoisotopic (exact) mass is 227 g/mol. The molecular weight excluding hydrogens is 211 g/mol. The normalized spacial score (nSPS) is 14.7. The van der Waals surface area contributed by atoms with Crippen molar-refractivity contribution < 1.29 is 23.1 Å². The van der Waals surface area contributed by atoms with Gasteiger partial charge in [-0.15, -0.1) is 0 Å². The van der Waals surface area contributed by atoms with Gasteiger partial charge in [-0.3, -0.25) is 9.69 Å². The van der Waals surface area contributed by atoms with E-state index in [-0.39, 0.29) is 12.5 Å². The molecule has 0 aromatic carbocycles. The van der Waals surface area contributed by atoms with Gasteiger partial charge in [0, 0.05) is 6.54 Å². The SMILES string of the molecule is CC(C)C(C(=O)O)N(C)CCC(F)(F)F. The maximum absolute atomic E-state index is 11.9. The van der Waals surface area contributed by atoms with Gasteiger partial charge in [-0.2, -0.15) is 13.2 Å². The van der Waals surface area contributed by atoms with Crippen LogP contribution < -0.4 is 0 Å². The minimum absolute atomic E-state index is 0.222. The molecule has 0 aliphatic heterocycles. The predicted octanol–water partition coefficient (Wildman–Crippen LogP) is 1.98. The number of likely N-dealkylation sites (N-methyl/N-ethyl adjacent to an activating group) is 1. The highest BCUT2D eigenvalue weighted by atomic mass is 19.4. The number of hydrogen-bond donors (Lipinski definition) is 1. The molecule has 0 spiro atoms. The molecule has 1 unspecified atom stereocenters. The Morgan fingerprint density at radius 2 is 1.87 bits per heavy atom. The van der Waals surface area contributed by atoms with E-state index in [2.05, 4.69) is 0 Å². The zero-order valence-corrected chi connectivity index (χ0v) is 9.01. The van der Waals surface area contributed by atoms with E-state index in [0.29, 0.717) is 0 Å². The molecule has 0 radical (unpaired) electrons. The Bertz CT molecular complexity index is 216. The molecular formula is C9H16F3NO2. The van der Waals surface area contributed by atoms with Crippen molar-refractivity contribution in [1.82, 2.24) is 4.90 Å². The van der Waals surface area contributed by atoms with Crippen LogP contribution in [-0.2, 0) is 4.79 Å². The van der Waals surface area contributed by atoms with Gasteiger partial charge in [-0.1, -0.05) is 13.8 Å². The fourth-order valence-corrected chi connectivity index (χ4v) is 1.42. The van der Waals surface area contributed by atoms with Crippen molar-refractivity contribution in [2.45, 2.75) is 32.5 Å². The summed E-state index contributed by atoms with van der Waals surface area (Å²) >= 11 is 0. The first-order valence-corrected chi connectivity index (χ1v) is 4.65. The number of carbonyl (C=O) groups is 1. The van der Waals surface area contributed by atoms with Gasteiger partial charge in [-0.05, 0) is 13.0 Å². The van der Waals surface area contributed by atoms with Crippen LogP contribution in [0.1, 0.15) is 20.3 Å². The zero-order valence-electron chi connectivity index (χ0n) is 9.01.